The number of carboxylic acids is 4. The van der Waals surface area contributed by atoms with E-state index < -0.39 is 23.9 Å². The molecule has 126 valence electrons. The highest BCUT2D eigenvalue weighted by Gasteiger charge is 2.04. The Balaban J connectivity index is 0.000000561. The lowest BCUT2D eigenvalue weighted by atomic mass is 10.1. The van der Waals surface area contributed by atoms with Crippen molar-refractivity contribution in [2.75, 3.05) is 0 Å². The second-order valence-corrected chi connectivity index (χ2v) is 4.00. The Labute approximate surface area is 136 Å². The predicted octanol–water partition coefficient (Wildman–Crippen LogP) is 1.51. The molecule has 0 saturated heterocycles. The Hall–Kier alpha value is -3.68. The molecule has 8 heteroatoms. The second-order valence-electron chi connectivity index (χ2n) is 4.00. The number of hydrogen-bond acceptors (Lipinski definition) is 4. The molecule has 1 aromatic carbocycles. The van der Waals surface area contributed by atoms with E-state index in [1.54, 1.807) is 30.3 Å². The third kappa shape index (κ3) is 11.0. The molecule has 0 atom stereocenters. The van der Waals surface area contributed by atoms with Gasteiger partial charge in [-0.25, -0.2) is 19.2 Å². The quantitative estimate of drug-likeness (QED) is 0.451. The van der Waals surface area contributed by atoms with Crippen LogP contribution in [0.1, 0.15) is 5.56 Å². The topological polar surface area (TPSA) is 149 Å². The summed E-state index contributed by atoms with van der Waals surface area (Å²) in [4.78, 5) is 40.1. The van der Waals surface area contributed by atoms with Gasteiger partial charge < -0.3 is 20.4 Å². The number of aliphatic carboxylic acids is 4. The smallest absolute Gasteiger partial charge is 0.335 e. The molecule has 0 aromatic heterocycles. The lowest BCUT2D eigenvalue weighted by molar-refractivity contribution is -0.134. The molecule has 0 fully saturated rings. The van der Waals surface area contributed by atoms with Gasteiger partial charge in [-0.1, -0.05) is 36.4 Å². The first-order valence-corrected chi connectivity index (χ1v) is 6.27. The Bertz CT molecular complexity index is 667. The molecule has 4 N–H and O–H groups in total. The van der Waals surface area contributed by atoms with E-state index >= 15 is 0 Å². The number of carboxylic acid groups (broad SMARTS) is 4. The first kappa shape index (κ1) is 20.3. The first-order chi connectivity index (χ1) is 11.2. The molecule has 0 amide bonds. The van der Waals surface area contributed by atoms with Crippen LogP contribution in [0.4, 0.5) is 0 Å². The molecular weight excluding hydrogens is 320 g/mol. The van der Waals surface area contributed by atoms with Crippen LogP contribution in [0.25, 0.3) is 6.08 Å². The predicted molar refractivity (Wildman–Crippen MR) is 83.2 cm³/mol. The van der Waals surface area contributed by atoms with Crippen LogP contribution in [0.3, 0.4) is 0 Å². The molecule has 8 nitrogen and oxygen atoms in total. The van der Waals surface area contributed by atoms with Crippen LogP contribution in [-0.2, 0) is 19.2 Å². The van der Waals surface area contributed by atoms with E-state index in [-0.39, 0.29) is 5.57 Å². The summed E-state index contributed by atoms with van der Waals surface area (Å²) in [5.41, 5.74) is 0.538. The normalized spacial score (nSPS) is 10.9. The van der Waals surface area contributed by atoms with Crippen LogP contribution in [0.2, 0.25) is 0 Å². The van der Waals surface area contributed by atoms with Crippen molar-refractivity contribution in [1.82, 2.24) is 0 Å². The maximum Gasteiger partial charge on any atom is 0.335 e. The molecule has 0 saturated carbocycles. The number of carbonyl (C=O) groups is 4. The summed E-state index contributed by atoms with van der Waals surface area (Å²) in [7, 11) is 0. The summed E-state index contributed by atoms with van der Waals surface area (Å²) in [5.74, 6) is -5.07. The third-order valence-corrected chi connectivity index (χ3v) is 2.15. The minimum absolute atomic E-state index is 0.267. The van der Waals surface area contributed by atoms with Crippen molar-refractivity contribution >= 4 is 30.0 Å². The number of rotatable bonds is 6. The first-order valence-electron chi connectivity index (χ1n) is 6.27. The zero-order valence-electron chi connectivity index (χ0n) is 12.2. The molecular formula is C16H14O8. The van der Waals surface area contributed by atoms with Crippen molar-refractivity contribution in [2.45, 2.75) is 0 Å². The van der Waals surface area contributed by atoms with Crippen molar-refractivity contribution < 1.29 is 39.6 Å². The van der Waals surface area contributed by atoms with E-state index in [1.807, 2.05) is 6.07 Å². The average molecular weight is 334 g/mol. The van der Waals surface area contributed by atoms with E-state index in [1.165, 1.54) is 6.08 Å². The molecule has 0 heterocycles. The highest BCUT2D eigenvalue weighted by Crippen LogP contribution is 2.05. The van der Waals surface area contributed by atoms with Crippen LogP contribution < -0.4 is 0 Å². The summed E-state index contributed by atoms with van der Waals surface area (Å²) >= 11 is 0. The van der Waals surface area contributed by atoms with Gasteiger partial charge >= 0.3 is 23.9 Å². The summed E-state index contributed by atoms with van der Waals surface area (Å²) in [6.45, 7) is 0. The standard InChI is InChI=1S/C12H10O4.C4H4O4/c13-11(14)8-10(12(15)16)7-6-9-4-2-1-3-5-9;5-3(6)1-2-4(7)8/h1-8H,(H,13,14)(H,15,16);1-2H,(H,5,6)(H,7,8)/b7-6?,10-8-;. The molecule has 1 aromatic rings. The van der Waals surface area contributed by atoms with Gasteiger partial charge in [-0.05, 0) is 11.6 Å². The van der Waals surface area contributed by atoms with Crippen LogP contribution >= 0.6 is 0 Å². The van der Waals surface area contributed by atoms with E-state index in [9.17, 15) is 19.2 Å². The molecule has 0 aliphatic rings. The van der Waals surface area contributed by atoms with Gasteiger partial charge in [0.1, 0.15) is 0 Å². The van der Waals surface area contributed by atoms with Crippen LogP contribution in [-0.4, -0.2) is 44.3 Å². The number of hydrogen-bond donors (Lipinski definition) is 4. The zero-order chi connectivity index (χ0) is 18.5. The molecule has 0 bridgehead atoms. The van der Waals surface area contributed by atoms with Crippen LogP contribution in [0, 0.1) is 0 Å². The van der Waals surface area contributed by atoms with Gasteiger partial charge in [-0.3, -0.25) is 0 Å². The largest absolute Gasteiger partial charge is 0.478 e. The summed E-state index contributed by atoms with van der Waals surface area (Å²) in [5, 5.41) is 32.8. The number of benzene rings is 1. The Morgan fingerprint density at radius 3 is 1.58 bits per heavy atom. The Morgan fingerprint density at radius 2 is 1.21 bits per heavy atom. The highest BCUT2D eigenvalue weighted by molar-refractivity contribution is 5.98. The van der Waals surface area contributed by atoms with Gasteiger partial charge in [-0.2, -0.15) is 0 Å². The Morgan fingerprint density at radius 1 is 0.708 bits per heavy atom. The molecule has 0 spiro atoms. The molecule has 24 heavy (non-hydrogen) atoms. The lowest BCUT2D eigenvalue weighted by Gasteiger charge is -1.94. The second kappa shape index (κ2) is 11.0. The lowest BCUT2D eigenvalue weighted by Crippen LogP contribution is -2.01. The van der Waals surface area contributed by atoms with Gasteiger partial charge in [0.15, 0.2) is 0 Å². The maximum absolute atomic E-state index is 10.7. The van der Waals surface area contributed by atoms with Crippen molar-refractivity contribution in [2.24, 2.45) is 0 Å². The van der Waals surface area contributed by atoms with Crippen LogP contribution in [0.5, 0.6) is 0 Å². The van der Waals surface area contributed by atoms with E-state index in [0.717, 1.165) is 5.56 Å². The van der Waals surface area contributed by atoms with Crippen LogP contribution in [0.15, 0.2) is 60.2 Å². The minimum atomic E-state index is -1.28. The summed E-state index contributed by atoms with van der Waals surface area (Å²) < 4.78 is 0. The van der Waals surface area contributed by atoms with Gasteiger partial charge in [-0.15, -0.1) is 0 Å². The minimum Gasteiger partial charge on any atom is -0.478 e. The third-order valence-electron chi connectivity index (χ3n) is 2.15. The fourth-order valence-corrected chi connectivity index (χ4v) is 1.21. The van der Waals surface area contributed by atoms with E-state index in [0.29, 0.717) is 18.2 Å². The molecule has 0 radical (unpaired) electrons. The maximum atomic E-state index is 10.7. The monoisotopic (exact) mass is 334 g/mol. The summed E-state index contributed by atoms with van der Waals surface area (Å²) in [6.07, 6.45) is 4.57. The van der Waals surface area contributed by atoms with Gasteiger partial charge in [0.2, 0.25) is 0 Å². The van der Waals surface area contributed by atoms with Crippen molar-refractivity contribution in [3.8, 4) is 0 Å². The zero-order valence-corrected chi connectivity index (χ0v) is 12.2. The Kier molecular flexibility index (Phi) is 9.28. The van der Waals surface area contributed by atoms with Gasteiger partial charge in [0, 0.05) is 18.2 Å². The van der Waals surface area contributed by atoms with Gasteiger partial charge in [0.25, 0.3) is 0 Å². The highest BCUT2D eigenvalue weighted by atomic mass is 16.4. The SMILES string of the molecule is O=C(O)/C=C(/C=Cc1ccccc1)C(=O)O.O=C(O)C=CC(=O)O. The fourth-order valence-electron chi connectivity index (χ4n) is 1.21. The fraction of sp³-hybridized carbons (Fsp3) is 0. The van der Waals surface area contributed by atoms with Gasteiger partial charge in [0.05, 0.1) is 5.57 Å². The average Bonchev–Trinajstić information content (AvgIpc) is 2.50. The molecule has 0 aliphatic carbocycles. The molecule has 0 aliphatic heterocycles. The molecule has 1 rings (SSSR count). The summed E-state index contributed by atoms with van der Waals surface area (Å²) in [6, 6.07) is 9.03. The van der Waals surface area contributed by atoms with Crippen molar-refractivity contribution in [3.05, 3.63) is 65.8 Å². The van der Waals surface area contributed by atoms with Crippen molar-refractivity contribution in [1.29, 1.82) is 0 Å². The van der Waals surface area contributed by atoms with Crippen molar-refractivity contribution in [3.63, 3.8) is 0 Å². The van der Waals surface area contributed by atoms with E-state index in [2.05, 4.69) is 0 Å². The molecule has 0 unspecified atom stereocenters. The van der Waals surface area contributed by atoms with E-state index in [4.69, 9.17) is 20.4 Å².